The third-order valence-electron chi connectivity index (χ3n) is 4.90. The van der Waals surface area contributed by atoms with Crippen molar-refractivity contribution in [2.75, 3.05) is 0 Å². The number of aryl methyl sites for hydroxylation is 3. The summed E-state index contributed by atoms with van der Waals surface area (Å²) in [5.74, 6) is -0.0856. The summed E-state index contributed by atoms with van der Waals surface area (Å²) in [7, 11) is 0. The van der Waals surface area contributed by atoms with Crippen LogP contribution in [0.25, 0.3) is 22.7 Å². The average molecular weight is 366 g/mol. The van der Waals surface area contributed by atoms with Crippen LogP contribution in [-0.2, 0) is 0 Å². The van der Waals surface area contributed by atoms with Gasteiger partial charge in [0.25, 0.3) is 5.91 Å². The van der Waals surface area contributed by atoms with Gasteiger partial charge in [0, 0.05) is 5.57 Å². The second kappa shape index (κ2) is 7.28. The first-order valence-corrected chi connectivity index (χ1v) is 9.35. The largest absolute Gasteiger partial charge is 0.268 e. The Labute approximate surface area is 165 Å². The van der Waals surface area contributed by atoms with Gasteiger partial charge in [-0.05, 0) is 55.7 Å². The SMILES string of the molecule is Cc1ccc(/C=C(/C(=O)n2cnc3ccc(C)cc32)c2ccc(C)cc2)cc1. The van der Waals surface area contributed by atoms with Crippen LogP contribution in [0.1, 0.15) is 32.6 Å². The Balaban J connectivity index is 1.86. The summed E-state index contributed by atoms with van der Waals surface area (Å²) in [5.41, 5.74) is 7.63. The van der Waals surface area contributed by atoms with Crippen molar-refractivity contribution in [3.05, 3.63) is 101 Å². The molecule has 3 heteroatoms. The van der Waals surface area contributed by atoms with E-state index in [0.29, 0.717) is 5.57 Å². The number of hydrogen-bond donors (Lipinski definition) is 0. The number of aromatic nitrogens is 2. The maximum absolute atomic E-state index is 13.5. The summed E-state index contributed by atoms with van der Waals surface area (Å²) in [4.78, 5) is 17.9. The van der Waals surface area contributed by atoms with Crippen LogP contribution in [0.5, 0.6) is 0 Å². The summed E-state index contributed by atoms with van der Waals surface area (Å²) in [5, 5.41) is 0. The molecule has 0 fully saturated rings. The Morgan fingerprint density at radius 2 is 1.43 bits per heavy atom. The van der Waals surface area contributed by atoms with E-state index in [2.05, 4.69) is 24.0 Å². The number of hydrogen-bond acceptors (Lipinski definition) is 2. The fourth-order valence-corrected chi connectivity index (χ4v) is 3.24. The number of carbonyl (C=O) groups excluding carboxylic acids is 1. The first-order valence-electron chi connectivity index (χ1n) is 9.35. The van der Waals surface area contributed by atoms with Crippen molar-refractivity contribution < 1.29 is 4.79 Å². The molecule has 0 aliphatic carbocycles. The van der Waals surface area contributed by atoms with Crippen molar-refractivity contribution in [1.82, 2.24) is 9.55 Å². The molecule has 0 spiro atoms. The highest BCUT2D eigenvalue weighted by atomic mass is 16.2. The zero-order valence-corrected chi connectivity index (χ0v) is 16.3. The molecule has 1 aromatic heterocycles. The Morgan fingerprint density at radius 3 is 2.11 bits per heavy atom. The first kappa shape index (κ1) is 17.9. The van der Waals surface area contributed by atoms with Crippen molar-refractivity contribution in [3.8, 4) is 0 Å². The smallest absolute Gasteiger partial charge is 0.264 e. The van der Waals surface area contributed by atoms with E-state index in [1.165, 1.54) is 5.56 Å². The number of allylic oxidation sites excluding steroid dienone is 1. The van der Waals surface area contributed by atoms with Crippen LogP contribution in [0.15, 0.2) is 73.1 Å². The molecular weight excluding hydrogens is 344 g/mol. The lowest BCUT2D eigenvalue weighted by atomic mass is 10.00. The maximum Gasteiger partial charge on any atom is 0.264 e. The van der Waals surface area contributed by atoms with Gasteiger partial charge in [0.2, 0.25) is 0 Å². The Bertz CT molecular complexity index is 1180. The molecule has 1 heterocycles. The highest BCUT2D eigenvalue weighted by molar-refractivity contribution is 6.26. The highest BCUT2D eigenvalue weighted by Gasteiger charge is 2.17. The van der Waals surface area contributed by atoms with Crippen molar-refractivity contribution >= 4 is 28.6 Å². The molecule has 4 rings (SSSR count). The molecule has 0 amide bonds. The fraction of sp³-hybridized carbons (Fsp3) is 0.120. The van der Waals surface area contributed by atoms with Crippen LogP contribution >= 0.6 is 0 Å². The molecule has 138 valence electrons. The lowest BCUT2D eigenvalue weighted by molar-refractivity contribution is 0.0984. The van der Waals surface area contributed by atoms with E-state index in [1.807, 2.05) is 74.5 Å². The fourth-order valence-electron chi connectivity index (χ4n) is 3.24. The zero-order valence-electron chi connectivity index (χ0n) is 16.3. The standard InChI is InChI=1S/C25H22N2O/c1-17-4-9-20(10-5-17)15-22(21-11-6-18(2)7-12-21)25(28)27-16-26-23-13-8-19(3)14-24(23)27/h4-16H,1-3H3/b22-15+. The van der Waals surface area contributed by atoms with Gasteiger partial charge in [0.05, 0.1) is 11.0 Å². The van der Waals surface area contributed by atoms with Gasteiger partial charge in [-0.1, -0.05) is 65.7 Å². The van der Waals surface area contributed by atoms with Gasteiger partial charge in [-0.15, -0.1) is 0 Å². The second-order valence-corrected chi connectivity index (χ2v) is 7.25. The van der Waals surface area contributed by atoms with E-state index in [-0.39, 0.29) is 5.91 Å². The summed E-state index contributed by atoms with van der Waals surface area (Å²) in [6.07, 6.45) is 3.57. The minimum absolute atomic E-state index is 0.0856. The Morgan fingerprint density at radius 1 is 0.821 bits per heavy atom. The first-order chi connectivity index (χ1) is 13.5. The summed E-state index contributed by atoms with van der Waals surface area (Å²) >= 11 is 0. The molecule has 28 heavy (non-hydrogen) atoms. The number of rotatable bonds is 3. The molecule has 0 unspecified atom stereocenters. The van der Waals surface area contributed by atoms with E-state index in [0.717, 1.165) is 33.3 Å². The molecule has 0 aliphatic heterocycles. The van der Waals surface area contributed by atoms with Crippen LogP contribution in [0, 0.1) is 20.8 Å². The third kappa shape index (κ3) is 3.52. The van der Waals surface area contributed by atoms with E-state index >= 15 is 0 Å². The molecule has 0 saturated carbocycles. The van der Waals surface area contributed by atoms with Crippen LogP contribution in [0.4, 0.5) is 0 Å². The van der Waals surface area contributed by atoms with Crippen molar-refractivity contribution in [2.24, 2.45) is 0 Å². The van der Waals surface area contributed by atoms with Crippen LogP contribution in [-0.4, -0.2) is 15.5 Å². The predicted octanol–water partition coefficient (Wildman–Crippen LogP) is 5.84. The average Bonchev–Trinajstić information content (AvgIpc) is 3.11. The van der Waals surface area contributed by atoms with Gasteiger partial charge >= 0.3 is 0 Å². The molecule has 0 atom stereocenters. The molecule has 4 aromatic rings. The van der Waals surface area contributed by atoms with Gasteiger partial charge in [0.1, 0.15) is 6.33 Å². The van der Waals surface area contributed by atoms with E-state index in [9.17, 15) is 4.79 Å². The maximum atomic E-state index is 13.5. The number of benzene rings is 3. The molecule has 3 aromatic carbocycles. The monoisotopic (exact) mass is 366 g/mol. The normalized spacial score (nSPS) is 11.8. The van der Waals surface area contributed by atoms with Crippen molar-refractivity contribution in [3.63, 3.8) is 0 Å². The molecule has 0 saturated heterocycles. The minimum atomic E-state index is -0.0856. The third-order valence-corrected chi connectivity index (χ3v) is 4.90. The molecule has 0 aliphatic rings. The van der Waals surface area contributed by atoms with E-state index < -0.39 is 0 Å². The summed E-state index contributed by atoms with van der Waals surface area (Å²) in [6, 6.07) is 22.2. The lowest BCUT2D eigenvalue weighted by Crippen LogP contribution is -2.11. The van der Waals surface area contributed by atoms with Crippen LogP contribution in [0.3, 0.4) is 0 Å². The van der Waals surface area contributed by atoms with Gasteiger partial charge in [0.15, 0.2) is 0 Å². The Kier molecular flexibility index (Phi) is 4.66. The second-order valence-electron chi connectivity index (χ2n) is 7.25. The van der Waals surface area contributed by atoms with Gasteiger partial charge < -0.3 is 0 Å². The predicted molar refractivity (Wildman–Crippen MR) is 115 cm³/mol. The van der Waals surface area contributed by atoms with Gasteiger partial charge in [-0.3, -0.25) is 9.36 Å². The minimum Gasteiger partial charge on any atom is -0.268 e. The highest BCUT2D eigenvalue weighted by Crippen LogP contribution is 2.24. The molecule has 0 bridgehead atoms. The molecular formula is C25H22N2O. The van der Waals surface area contributed by atoms with E-state index in [1.54, 1.807) is 10.9 Å². The zero-order chi connectivity index (χ0) is 19.7. The quantitative estimate of drug-likeness (QED) is 0.337. The lowest BCUT2D eigenvalue weighted by Gasteiger charge is -2.10. The molecule has 0 N–H and O–H groups in total. The molecule has 3 nitrogen and oxygen atoms in total. The van der Waals surface area contributed by atoms with Crippen molar-refractivity contribution in [1.29, 1.82) is 0 Å². The number of nitrogens with zero attached hydrogens (tertiary/aromatic N) is 2. The number of fused-ring (bicyclic) bond motifs is 1. The number of carbonyl (C=O) groups is 1. The van der Waals surface area contributed by atoms with Crippen molar-refractivity contribution in [2.45, 2.75) is 20.8 Å². The van der Waals surface area contributed by atoms with Crippen LogP contribution < -0.4 is 0 Å². The molecule has 0 radical (unpaired) electrons. The number of imidazole rings is 1. The summed E-state index contributed by atoms with van der Waals surface area (Å²) in [6.45, 7) is 6.12. The topological polar surface area (TPSA) is 34.9 Å². The Hall–Kier alpha value is -3.46. The van der Waals surface area contributed by atoms with Gasteiger partial charge in [-0.2, -0.15) is 0 Å². The van der Waals surface area contributed by atoms with Gasteiger partial charge in [-0.25, -0.2) is 4.98 Å². The summed E-state index contributed by atoms with van der Waals surface area (Å²) < 4.78 is 1.64. The van der Waals surface area contributed by atoms with Crippen LogP contribution in [0.2, 0.25) is 0 Å². The van der Waals surface area contributed by atoms with E-state index in [4.69, 9.17) is 0 Å².